The highest BCUT2D eigenvalue weighted by atomic mass is 16.5. The fraction of sp³-hybridized carbons (Fsp3) is 0.385. The van der Waals surface area contributed by atoms with Crippen LogP contribution in [0.3, 0.4) is 0 Å². The van der Waals surface area contributed by atoms with Crippen molar-refractivity contribution in [2.75, 3.05) is 6.61 Å². The van der Waals surface area contributed by atoms with Crippen LogP contribution in [0.1, 0.15) is 25.6 Å². The number of aromatic nitrogens is 2. The molecule has 0 bridgehead atoms. The normalized spacial score (nSPS) is 22.8. The van der Waals surface area contributed by atoms with E-state index in [1.54, 1.807) is 0 Å². The number of aromatic hydroxyl groups is 2. The molecule has 1 fully saturated rings. The van der Waals surface area contributed by atoms with Gasteiger partial charge in [0.15, 0.2) is 0 Å². The van der Waals surface area contributed by atoms with Gasteiger partial charge in [0.2, 0.25) is 5.82 Å². The average Bonchev–Trinajstić information content (AvgIpc) is 2.99. The third-order valence-corrected chi connectivity index (χ3v) is 3.35. The van der Waals surface area contributed by atoms with Gasteiger partial charge in [-0.15, -0.1) is 0 Å². The zero-order valence-electron chi connectivity index (χ0n) is 10.5. The molecule has 1 aromatic heterocycles. The van der Waals surface area contributed by atoms with Crippen LogP contribution in [0.5, 0.6) is 11.5 Å². The minimum atomic E-state index is -0.554. The van der Waals surface area contributed by atoms with Crippen LogP contribution in [0.25, 0.3) is 11.5 Å². The quantitative estimate of drug-likeness (QED) is 0.862. The van der Waals surface area contributed by atoms with Gasteiger partial charge in [-0.25, -0.2) is 0 Å². The first-order valence-corrected chi connectivity index (χ1v) is 6.10. The summed E-state index contributed by atoms with van der Waals surface area (Å²) in [4.78, 5) is 4.23. The number of ether oxygens (including phenoxy) is 1. The molecule has 0 amide bonds. The molecule has 19 heavy (non-hydrogen) atoms. The molecule has 6 heteroatoms. The van der Waals surface area contributed by atoms with Crippen molar-refractivity contribution in [3.05, 3.63) is 24.0 Å². The minimum Gasteiger partial charge on any atom is -0.507 e. The number of phenols is 2. The second-order valence-electron chi connectivity index (χ2n) is 4.78. The Labute approximate surface area is 109 Å². The monoisotopic (exact) mass is 262 g/mol. The van der Waals surface area contributed by atoms with Crippen LogP contribution in [0.15, 0.2) is 22.7 Å². The van der Waals surface area contributed by atoms with E-state index in [0.717, 1.165) is 12.8 Å². The molecule has 0 spiro atoms. The maximum Gasteiger partial charge on any atom is 0.265 e. The molecular weight excluding hydrogens is 248 g/mol. The van der Waals surface area contributed by atoms with Gasteiger partial charge >= 0.3 is 0 Å². The lowest BCUT2D eigenvalue weighted by Gasteiger charge is -2.17. The van der Waals surface area contributed by atoms with Crippen LogP contribution in [0.2, 0.25) is 0 Å². The minimum absolute atomic E-state index is 0.0855. The SMILES string of the molecule is CC1(c2noc(-c3c(O)cccc3O)n2)CCCO1. The second-order valence-corrected chi connectivity index (χ2v) is 4.78. The lowest BCUT2D eigenvalue weighted by molar-refractivity contribution is 0.00768. The lowest BCUT2D eigenvalue weighted by atomic mass is 10.0. The molecule has 3 rings (SSSR count). The molecule has 2 aromatic rings. The average molecular weight is 262 g/mol. The third-order valence-electron chi connectivity index (χ3n) is 3.35. The van der Waals surface area contributed by atoms with Crippen LogP contribution in [0, 0.1) is 0 Å². The summed E-state index contributed by atoms with van der Waals surface area (Å²) in [6, 6.07) is 4.44. The molecule has 2 N–H and O–H groups in total. The molecule has 1 atom stereocenters. The zero-order chi connectivity index (χ0) is 13.5. The van der Waals surface area contributed by atoms with Crippen LogP contribution < -0.4 is 0 Å². The summed E-state index contributed by atoms with van der Waals surface area (Å²) in [5.74, 6) is 0.311. The van der Waals surface area contributed by atoms with Crippen LogP contribution in [-0.4, -0.2) is 27.0 Å². The van der Waals surface area contributed by atoms with E-state index in [2.05, 4.69) is 10.1 Å². The van der Waals surface area contributed by atoms with Gasteiger partial charge in [-0.2, -0.15) is 4.98 Å². The van der Waals surface area contributed by atoms with E-state index < -0.39 is 5.60 Å². The van der Waals surface area contributed by atoms with E-state index in [4.69, 9.17) is 9.26 Å². The number of hydrogen-bond acceptors (Lipinski definition) is 6. The molecule has 1 aliphatic heterocycles. The summed E-state index contributed by atoms with van der Waals surface area (Å²) in [6.07, 6.45) is 1.76. The molecular formula is C13H14N2O4. The fourth-order valence-electron chi connectivity index (χ4n) is 2.24. The van der Waals surface area contributed by atoms with Crippen molar-refractivity contribution in [2.45, 2.75) is 25.4 Å². The fourth-order valence-corrected chi connectivity index (χ4v) is 2.24. The first-order valence-electron chi connectivity index (χ1n) is 6.10. The van der Waals surface area contributed by atoms with Crippen molar-refractivity contribution in [3.8, 4) is 23.0 Å². The number of rotatable bonds is 2. The van der Waals surface area contributed by atoms with E-state index in [9.17, 15) is 10.2 Å². The Morgan fingerprint density at radius 2 is 2.00 bits per heavy atom. The Bertz CT molecular complexity index is 582. The Kier molecular flexibility index (Phi) is 2.67. The maximum atomic E-state index is 9.76. The van der Waals surface area contributed by atoms with Crippen LogP contribution in [-0.2, 0) is 10.3 Å². The largest absolute Gasteiger partial charge is 0.507 e. The van der Waals surface area contributed by atoms with Gasteiger partial charge in [0, 0.05) is 6.61 Å². The van der Waals surface area contributed by atoms with Gasteiger partial charge < -0.3 is 19.5 Å². The number of nitrogens with zero attached hydrogens (tertiary/aromatic N) is 2. The molecule has 100 valence electrons. The first kappa shape index (κ1) is 12.0. The standard InChI is InChI=1S/C13H14N2O4/c1-13(6-3-7-18-13)12-14-11(19-15-12)10-8(16)4-2-5-9(10)17/h2,4-5,16-17H,3,6-7H2,1H3. The van der Waals surface area contributed by atoms with E-state index in [-0.39, 0.29) is 23.0 Å². The van der Waals surface area contributed by atoms with Crippen molar-refractivity contribution < 1.29 is 19.5 Å². The van der Waals surface area contributed by atoms with Crippen molar-refractivity contribution in [1.29, 1.82) is 0 Å². The van der Waals surface area contributed by atoms with Crippen LogP contribution in [0.4, 0.5) is 0 Å². The number of hydrogen-bond donors (Lipinski definition) is 2. The molecule has 1 unspecified atom stereocenters. The van der Waals surface area contributed by atoms with Crippen molar-refractivity contribution >= 4 is 0 Å². The van der Waals surface area contributed by atoms with E-state index in [1.807, 2.05) is 6.92 Å². The molecule has 1 aliphatic rings. The topological polar surface area (TPSA) is 88.6 Å². The highest BCUT2D eigenvalue weighted by Gasteiger charge is 2.37. The third kappa shape index (κ3) is 1.94. The summed E-state index contributed by atoms with van der Waals surface area (Å²) in [6.45, 7) is 2.57. The molecule has 6 nitrogen and oxygen atoms in total. The number of benzene rings is 1. The summed E-state index contributed by atoms with van der Waals surface area (Å²) < 4.78 is 10.8. The molecule has 0 saturated carbocycles. The molecule has 0 radical (unpaired) electrons. The maximum absolute atomic E-state index is 9.76. The van der Waals surface area contributed by atoms with Crippen LogP contribution >= 0.6 is 0 Å². The predicted molar refractivity (Wildman–Crippen MR) is 65.6 cm³/mol. The van der Waals surface area contributed by atoms with E-state index >= 15 is 0 Å². The van der Waals surface area contributed by atoms with Gasteiger partial charge in [0.05, 0.1) is 0 Å². The Morgan fingerprint density at radius 1 is 1.26 bits per heavy atom. The zero-order valence-corrected chi connectivity index (χ0v) is 10.5. The Balaban J connectivity index is 2.02. The van der Waals surface area contributed by atoms with Crippen molar-refractivity contribution in [1.82, 2.24) is 10.1 Å². The van der Waals surface area contributed by atoms with Gasteiger partial charge in [-0.05, 0) is 31.9 Å². The molecule has 1 saturated heterocycles. The Morgan fingerprint density at radius 3 is 2.63 bits per heavy atom. The summed E-state index contributed by atoms with van der Waals surface area (Å²) in [5.41, 5.74) is -0.412. The first-order chi connectivity index (χ1) is 9.10. The highest BCUT2D eigenvalue weighted by molar-refractivity contribution is 5.69. The summed E-state index contributed by atoms with van der Waals surface area (Å²) >= 11 is 0. The Hall–Kier alpha value is -2.08. The summed E-state index contributed by atoms with van der Waals surface area (Å²) in [5, 5.41) is 23.4. The van der Waals surface area contributed by atoms with Gasteiger partial charge in [0.1, 0.15) is 22.7 Å². The predicted octanol–water partition coefficient (Wildman–Crippen LogP) is 2.17. The van der Waals surface area contributed by atoms with Crippen molar-refractivity contribution in [2.24, 2.45) is 0 Å². The lowest BCUT2D eigenvalue weighted by Crippen LogP contribution is -2.21. The van der Waals surface area contributed by atoms with Gasteiger partial charge in [-0.1, -0.05) is 11.2 Å². The summed E-state index contributed by atoms with van der Waals surface area (Å²) in [7, 11) is 0. The van der Waals surface area contributed by atoms with E-state index in [1.165, 1.54) is 18.2 Å². The molecule has 0 aliphatic carbocycles. The number of phenolic OH excluding ortho intramolecular Hbond substituents is 2. The van der Waals surface area contributed by atoms with Crippen molar-refractivity contribution in [3.63, 3.8) is 0 Å². The molecule has 1 aromatic carbocycles. The van der Waals surface area contributed by atoms with E-state index in [0.29, 0.717) is 12.4 Å². The highest BCUT2D eigenvalue weighted by Crippen LogP contribution is 2.38. The van der Waals surface area contributed by atoms with Gasteiger partial charge in [-0.3, -0.25) is 0 Å². The smallest absolute Gasteiger partial charge is 0.265 e. The molecule has 2 heterocycles. The second kappa shape index (κ2) is 4.24. The van der Waals surface area contributed by atoms with Gasteiger partial charge in [0.25, 0.3) is 5.89 Å².